The molecule has 0 aliphatic rings. The lowest BCUT2D eigenvalue weighted by Gasteiger charge is -2.13. The van der Waals surface area contributed by atoms with Gasteiger partial charge in [-0.05, 0) is 0 Å². The first-order valence-electron chi connectivity index (χ1n) is 4.30. The van der Waals surface area contributed by atoms with E-state index in [0.29, 0.717) is 0 Å². The van der Waals surface area contributed by atoms with Gasteiger partial charge in [-0.1, -0.05) is 45.0 Å². The SMILES string of the molecule is C[Si](C)(C)C=C=C(S)[Si](C)(C)C. The van der Waals surface area contributed by atoms with Crippen molar-refractivity contribution < 1.29 is 0 Å². The van der Waals surface area contributed by atoms with Crippen molar-refractivity contribution >= 4 is 28.8 Å². The van der Waals surface area contributed by atoms with Gasteiger partial charge in [-0.25, -0.2) is 0 Å². The predicted octanol–water partition coefficient (Wildman–Crippen LogP) is 3.71. The van der Waals surface area contributed by atoms with E-state index in [4.69, 9.17) is 0 Å². The molecule has 0 unspecified atom stereocenters. The topological polar surface area (TPSA) is 0 Å². The fraction of sp³-hybridized carbons (Fsp3) is 0.667. The maximum absolute atomic E-state index is 4.48. The van der Waals surface area contributed by atoms with Gasteiger partial charge in [0.2, 0.25) is 0 Å². The Balaban J connectivity index is 4.69. The van der Waals surface area contributed by atoms with Crippen LogP contribution in [-0.2, 0) is 0 Å². The monoisotopic (exact) mass is 216 g/mol. The first kappa shape index (κ1) is 12.3. The van der Waals surface area contributed by atoms with Crippen molar-refractivity contribution in [1.82, 2.24) is 0 Å². The van der Waals surface area contributed by atoms with Gasteiger partial charge in [0, 0.05) is 4.53 Å². The summed E-state index contributed by atoms with van der Waals surface area (Å²) in [4.78, 5) is 0. The van der Waals surface area contributed by atoms with Gasteiger partial charge in [-0.2, -0.15) is 0 Å². The maximum atomic E-state index is 4.48. The highest BCUT2D eigenvalue weighted by Gasteiger charge is 2.16. The van der Waals surface area contributed by atoms with Crippen LogP contribution in [0.5, 0.6) is 0 Å². The zero-order chi connectivity index (χ0) is 9.99. The molecule has 0 aromatic carbocycles. The van der Waals surface area contributed by atoms with Crippen LogP contribution in [-0.4, -0.2) is 16.1 Å². The molecular weight excluding hydrogens is 196 g/mol. The average Bonchev–Trinajstić information content (AvgIpc) is 1.78. The molecule has 0 heterocycles. The van der Waals surface area contributed by atoms with Crippen LogP contribution >= 0.6 is 12.6 Å². The maximum Gasteiger partial charge on any atom is 0.0954 e. The van der Waals surface area contributed by atoms with E-state index < -0.39 is 16.1 Å². The number of hydrogen-bond donors (Lipinski definition) is 1. The highest BCUT2D eigenvalue weighted by atomic mass is 32.1. The highest BCUT2D eigenvalue weighted by Crippen LogP contribution is 2.16. The molecule has 70 valence electrons. The molecule has 0 N–H and O–H groups in total. The van der Waals surface area contributed by atoms with Crippen LogP contribution in [0.3, 0.4) is 0 Å². The lowest BCUT2D eigenvalue weighted by molar-refractivity contribution is 1.74. The Bertz CT molecular complexity index is 212. The van der Waals surface area contributed by atoms with Gasteiger partial charge < -0.3 is 0 Å². The van der Waals surface area contributed by atoms with Gasteiger partial charge in [0.25, 0.3) is 0 Å². The van der Waals surface area contributed by atoms with Gasteiger partial charge in [0.1, 0.15) is 0 Å². The summed E-state index contributed by atoms with van der Waals surface area (Å²) in [5, 5.41) is 0. The molecule has 0 aliphatic heterocycles. The minimum absolute atomic E-state index is 1.08. The standard InChI is InChI=1S/C9H20SSi2/c1-11(2,3)8-7-9(10)12(4,5)6/h8,10H,1-6H3. The van der Waals surface area contributed by atoms with E-state index in [0.717, 1.165) is 0 Å². The third-order valence-electron chi connectivity index (χ3n) is 1.35. The van der Waals surface area contributed by atoms with Gasteiger partial charge in [-0.3, -0.25) is 0 Å². The molecular formula is C9H20SSi2. The van der Waals surface area contributed by atoms with Crippen LogP contribution in [0.2, 0.25) is 39.3 Å². The summed E-state index contributed by atoms with van der Waals surface area (Å²) in [7, 11) is -2.28. The van der Waals surface area contributed by atoms with Gasteiger partial charge in [-0.15, -0.1) is 18.4 Å². The van der Waals surface area contributed by atoms with E-state index in [1.165, 1.54) is 4.53 Å². The molecule has 0 spiro atoms. The summed E-state index contributed by atoms with van der Waals surface area (Å²) in [5.74, 6) is 0. The van der Waals surface area contributed by atoms with E-state index in [-0.39, 0.29) is 0 Å². The van der Waals surface area contributed by atoms with Crippen LogP contribution in [0, 0.1) is 0 Å². The molecule has 0 aromatic rings. The zero-order valence-electron chi connectivity index (χ0n) is 9.02. The second kappa shape index (κ2) is 4.01. The van der Waals surface area contributed by atoms with Crippen molar-refractivity contribution in [2.45, 2.75) is 39.3 Å². The van der Waals surface area contributed by atoms with E-state index in [1.54, 1.807) is 0 Å². The second-order valence-corrected chi connectivity index (χ2v) is 16.1. The first-order valence-corrected chi connectivity index (χ1v) is 11.8. The minimum atomic E-state index is -1.20. The van der Waals surface area contributed by atoms with Crippen LogP contribution in [0.4, 0.5) is 0 Å². The van der Waals surface area contributed by atoms with Crippen molar-refractivity contribution in [3.63, 3.8) is 0 Å². The number of hydrogen-bond acceptors (Lipinski definition) is 1. The Morgan fingerprint density at radius 1 is 1.08 bits per heavy atom. The average molecular weight is 216 g/mol. The Morgan fingerprint density at radius 3 is 1.75 bits per heavy atom. The number of thiol groups is 1. The Kier molecular flexibility index (Phi) is 4.11. The molecule has 0 radical (unpaired) electrons. The van der Waals surface area contributed by atoms with E-state index in [2.05, 4.69) is 63.3 Å². The molecule has 3 heteroatoms. The summed E-state index contributed by atoms with van der Waals surface area (Å²) in [5.41, 5.74) is 5.59. The minimum Gasteiger partial charge on any atom is -0.144 e. The molecule has 0 nitrogen and oxygen atoms in total. The molecule has 0 amide bonds. The highest BCUT2D eigenvalue weighted by molar-refractivity contribution is 7.87. The summed E-state index contributed by atoms with van der Waals surface area (Å²) in [6.07, 6.45) is 0. The first-order chi connectivity index (χ1) is 5.13. The van der Waals surface area contributed by atoms with Crippen LogP contribution in [0.15, 0.2) is 16.0 Å². The summed E-state index contributed by atoms with van der Waals surface area (Å²) < 4.78 is 1.19. The summed E-state index contributed by atoms with van der Waals surface area (Å²) >= 11 is 4.48. The molecule has 0 fully saturated rings. The van der Waals surface area contributed by atoms with Crippen molar-refractivity contribution in [3.05, 3.63) is 16.0 Å². The molecule has 0 saturated carbocycles. The summed E-state index contributed by atoms with van der Waals surface area (Å²) in [6.45, 7) is 13.8. The van der Waals surface area contributed by atoms with Crippen molar-refractivity contribution in [2.75, 3.05) is 0 Å². The van der Waals surface area contributed by atoms with Crippen LogP contribution in [0.25, 0.3) is 0 Å². The van der Waals surface area contributed by atoms with Crippen molar-refractivity contribution in [3.8, 4) is 0 Å². The normalized spacial score (nSPS) is 12.2. The van der Waals surface area contributed by atoms with E-state index in [9.17, 15) is 0 Å². The lowest BCUT2D eigenvalue weighted by atomic mass is 11.0. The van der Waals surface area contributed by atoms with Crippen LogP contribution in [0.1, 0.15) is 0 Å². The molecule has 0 saturated heterocycles. The van der Waals surface area contributed by atoms with Gasteiger partial charge in [0.15, 0.2) is 0 Å². The van der Waals surface area contributed by atoms with E-state index in [1.807, 2.05) is 0 Å². The largest absolute Gasteiger partial charge is 0.144 e. The number of rotatable bonds is 2. The van der Waals surface area contributed by atoms with Gasteiger partial charge in [0.05, 0.1) is 16.1 Å². The predicted molar refractivity (Wildman–Crippen MR) is 67.3 cm³/mol. The van der Waals surface area contributed by atoms with Gasteiger partial charge >= 0.3 is 0 Å². The van der Waals surface area contributed by atoms with Crippen molar-refractivity contribution in [1.29, 1.82) is 0 Å². The fourth-order valence-corrected chi connectivity index (χ4v) is 1.91. The molecule has 0 atom stereocenters. The lowest BCUT2D eigenvalue weighted by Crippen LogP contribution is -2.21. The Hall–Kier alpha value is 0.304. The molecule has 0 rings (SSSR count). The molecule has 12 heavy (non-hydrogen) atoms. The van der Waals surface area contributed by atoms with E-state index >= 15 is 0 Å². The quantitative estimate of drug-likeness (QED) is 0.406. The van der Waals surface area contributed by atoms with Crippen LogP contribution < -0.4 is 0 Å². The third-order valence-corrected chi connectivity index (χ3v) is 6.07. The van der Waals surface area contributed by atoms with Crippen molar-refractivity contribution in [2.24, 2.45) is 0 Å². The Labute approximate surface area is 84.2 Å². The smallest absolute Gasteiger partial charge is 0.0954 e. The molecule has 0 bridgehead atoms. The fourth-order valence-electron chi connectivity index (χ4n) is 0.501. The Morgan fingerprint density at radius 2 is 1.50 bits per heavy atom. The second-order valence-electron chi connectivity index (χ2n) is 5.25. The molecule has 0 aromatic heterocycles. The zero-order valence-corrected chi connectivity index (χ0v) is 11.9. The third kappa shape index (κ3) is 5.89. The summed E-state index contributed by atoms with van der Waals surface area (Å²) in [6, 6.07) is 0. The molecule has 0 aliphatic carbocycles.